The molecule has 0 bridgehead atoms. The normalized spacial score (nSPS) is 11.4. The molecule has 4 aromatic rings. The van der Waals surface area contributed by atoms with E-state index in [1.807, 2.05) is 91.0 Å². The van der Waals surface area contributed by atoms with E-state index in [9.17, 15) is 9.59 Å². The van der Waals surface area contributed by atoms with Crippen LogP contribution in [-0.2, 0) is 29.0 Å². The molecule has 0 fully saturated rings. The van der Waals surface area contributed by atoms with Crippen LogP contribution in [0.2, 0.25) is 5.02 Å². The molecule has 1 atom stereocenters. The van der Waals surface area contributed by atoms with Crippen LogP contribution < -0.4 is 14.8 Å². The zero-order valence-electron chi connectivity index (χ0n) is 23.4. The summed E-state index contributed by atoms with van der Waals surface area (Å²) in [6, 6.07) is 31.6. The van der Waals surface area contributed by atoms with Crippen LogP contribution in [0.3, 0.4) is 0 Å². The van der Waals surface area contributed by atoms with E-state index in [0.717, 1.165) is 22.3 Å². The Morgan fingerprint density at radius 2 is 1.39 bits per heavy atom. The lowest BCUT2D eigenvalue weighted by Crippen LogP contribution is -2.44. The molecule has 0 aliphatic carbocycles. The molecule has 4 aromatic carbocycles. The first-order valence-electron chi connectivity index (χ1n) is 13.6. The molecule has 41 heavy (non-hydrogen) atoms. The van der Waals surface area contributed by atoms with Gasteiger partial charge in [-0.25, -0.2) is 0 Å². The number of halogens is 1. The van der Waals surface area contributed by atoms with E-state index < -0.39 is 6.04 Å². The summed E-state index contributed by atoms with van der Waals surface area (Å²) in [5.41, 5.74) is 3.71. The monoisotopic (exact) mass is 570 g/mol. The molecule has 0 radical (unpaired) electrons. The van der Waals surface area contributed by atoms with Crippen LogP contribution in [0.25, 0.3) is 0 Å². The van der Waals surface area contributed by atoms with Gasteiger partial charge in [0.1, 0.15) is 6.04 Å². The average molecular weight is 571 g/mol. The molecule has 6 nitrogen and oxygen atoms in total. The van der Waals surface area contributed by atoms with Crippen LogP contribution in [0.15, 0.2) is 103 Å². The molecule has 0 saturated carbocycles. The van der Waals surface area contributed by atoms with Crippen molar-refractivity contribution in [3.8, 4) is 11.5 Å². The van der Waals surface area contributed by atoms with Gasteiger partial charge >= 0.3 is 0 Å². The summed E-state index contributed by atoms with van der Waals surface area (Å²) < 4.78 is 10.7. The zero-order valence-corrected chi connectivity index (χ0v) is 24.1. The van der Waals surface area contributed by atoms with Crippen LogP contribution in [0.1, 0.15) is 34.7 Å². The summed E-state index contributed by atoms with van der Waals surface area (Å²) >= 11 is 6.12. The number of carbonyl (C=O) groups is 2. The Morgan fingerprint density at radius 1 is 0.756 bits per heavy atom. The van der Waals surface area contributed by atoms with Gasteiger partial charge in [-0.1, -0.05) is 90.5 Å². The highest BCUT2D eigenvalue weighted by molar-refractivity contribution is 6.30. The van der Waals surface area contributed by atoms with E-state index in [1.54, 1.807) is 31.3 Å². The van der Waals surface area contributed by atoms with Crippen molar-refractivity contribution in [1.29, 1.82) is 0 Å². The summed E-state index contributed by atoms with van der Waals surface area (Å²) in [5, 5.41) is 3.69. The van der Waals surface area contributed by atoms with Crippen molar-refractivity contribution in [2.75, 3.05) is 20.8 Å². The van der Waals surface area contributed by atoms with E-state index in [4.69, 9.17) is 21.1 Å². The standard InChI is InChI=1S/C34H35ClN2O4/c1-40-30-19-15-26(23-31(30)41-2)21-22-36-34(39)33(28-11-7-4-8-12-28)37(24-27-13-17-29(35)18-14-27)32(38)20-16-25-9-5-3-6-10-25/h3-15,17-19,23,33H,16,20-22,24H2,1-2H3,(H,36,39)/t33-/m0/s1. The molecule has 7 heteroatoms. The average Bonchev–Trinajstić information content (AvgIpc) is 3.01. The van der Waals surface area contributed by atoms with Gasteiger partial charge in [-0.15, -0.1) is 0 Å². The molecule has 4 rings (SSSR count). The van der Waals surface area contributed by atoms with Crippen molar-refractivity contribution in [2.24, 2.45) is 0 Å². The number of methoxy groups -OCH3 is 2. The van der Waals surface area contributed by atoms with Gasteiger partial charge in [0, 0.05) is 24.5 Å². The van der Waals surface area contributed by atoms with Crippen LogP contribution in [0, 0.1) is 0 Å². The van der Waals surface area contributed by atoms with E-state index in [1.165, 1.54) is 0 Å². The smallest absolute Gasteiger partial charge is 0.247 e. The van der Waals surface area contributed by atoms with Crippen molar-refractivity contribution in [1.82, 2.24) is 10.2 Å². The Kier molecular flexibility index (Phi) is 10.8. The molecular weight excluding hydrogens is 536 g/mol. The lowest BCUT2D eigenvalue weighted by atomic mass is 10.0. The number of benzene rings is 4. The Bertz CT molecular complexity index is 1410. The fourth-order valence-corrected chi connectivity index (χ4v) is 4.85. The van der Waals surface area contributed by atoms with Gasteiger partial charge in [-0.3, -0.25) is 9.59 Å². The molecule has 212 valence electrons. The number of nitrogens with one attached hydrogen (secondary N) is 1. The summed E-state index contributed by atoms with van der Waals surface area (Å²) in [6.45, 7) is 0.665. The molecule has 0 saturated heterocycles. The number of aryl methyl sites for hydroxylation is 1. The van der Waals surface area contributed by atoms with E-state index >= 15 is 0 Å². The molecule has 0 heterocycles. The topological polar surface area (TPSA) is 67.9 Å². The second-order valence-corrected chi connectivity index (χ2v) is 10.1. The van der Waals surface area contributed by atoms with Gasteiger partial charge in [-0.2, -0.15) is 0 Å². The summed E-state index contributed by atoms with van der Waals surface area (Å²) in [4.78, 5) is 29.4. The quantitative estimate of drug-likeness (QED) is 0.201. The minimum absolute atomic E-state index is 0.104. The number of nitrogens with zero attached hydrogens (tertiary/aromatic N) is 1. The van der Waals surface area contributed by atoms with Gasteiger partial charge in [0.25, 0.3) is 0 Å². The largest absolute Gasteiger partial charge is 0.493 e. The number of carbonyl (C=O) groups excluding carboxylic acids is 2. The molecule has 0 unspecified atom stereocenters. The fraction of sp³-hybridized carbons (Fsp3) is 0.235. The lowest BCUT2D eigenvalue weighted by Gasteiger charge is -2.32. The minimum atomic E-state index is -0.805. The summed E-state index contributed by atoms with van der Waals surface area (Å²) in [5.74, 6) is 0.944. The third-order valence-corrected chi connectivity index (χ3v) is 7.15. The Labute approximate surface area is 246 Å². The van der Waals surface area contributed by atoms with Gasteiger partial charge in [-0.05, 0) is 59.4 Å². The molecular formula is C34H35ClN2O4. The first-order chi connectivity index (χ1) is 20.0. The maximum atomic E-state index is 13.9. The van der Waals surface area contributed by atoms with E-state index in [2.05, 4.69) is 5.32 Å². The fourth-order valence-electron chi connectivity index (χ4n) is 4.72. The van der Waals surface area contributed by atoms with Crippen LogP contribution in [0.4, 0.5) is 0 Å². The second-order valence-electron chi connectivity index (χ2n) is 9.68. The van der Waals surface area contributed by atoms with E-state index in [-0.39, 0.29) is 24.8 Å². The van der Waals surface area contributed by atoms with Crippen LogP contribution in [0.5, 0.6) is 11.5 Å². The van der Waals surface area contributed by atoms with Crippen molar-refractivity contribution in [3.63, 3.8) is 0 Å². The highest BCUT2D eigenvalue weighted by atomic mass is 35.5. The van der Waals surface area contributed by atoms with Crippen molar-refractivity contribution in [2.45, 2.75) is 31.8 Å². The van der Waals surface area contributed by atoms with Gasteiger partial charge < -0.3 is 19.7 Å². The van der Waals surface area contributed by atoms with Gasteiger partial charge in [0.05, 0.1) is 14.2 Å². The number of rotatable bonds is 13. The Balaban J connectivity index is 1.56. The lowest BCUT2D eigenvalue weighted by molar-refractivity contribution is -0.141. The van der Waals surface area contributed by atoms with Crippen LogP contribution >= 0.6 is 11.6 Å². The van der Waals surface area contributed by atoms with Gasteiger partial charge in [0.15, 0.2) is 11.5 Å². The van der Waals surface area contributed by atoms with Crippen LogP contribution in [-0.4, -0.2) is 37.5 Å². The molecule has 0 spiro atoms. The zero-order chi connectivity index (χ0) is 29.0. The number of amides is 2. The first kappa shape index (κ1) is 29.7. The number of ether oxygens (including phenoxy) is 2. The third-order valence-electron chi connectivity index (χ3n) is 6.89. The molecule has 1 N–H and O–H groups in total. The predicted molar refractivity (Wildman–Crippen MR) is 162 cm³/mol. The predicted octanol–water partition coefficient (Wildman–Crippen LogP) is 6.42. The van der Waals surface area contributed by atoms with Crippen molar-refractivity contribution >= 4 is 23.4 Å². The summed E-state index contributed by atoms with van der Waals surface area (Å²) in [7, 11) is 3.19. The van der Waals surface area contributed by atoms with Crippen molar-refractivity contribution in [3.05, 3.63) is 130 Å². The number of hydrogen-bond acceptors (Lipinski definition) is 4. The molecule has 0 aliphatic heterocycles. The number of hydrogen-bond donors (Lipinski definition) is 1. The summed E-state index contributed by atoms with van der Waals surface area (Å²) in [6.07, 6.45) is 1.45. The highest BCUT2D eigenvalue weighted by Crippen LogP contribution is 2.28. The molecule has 2 amide bonds. The SMILES string of the molecule is COc1ccc(CCNC(=O)[C@H](c2ccccc2)N(Cc2ccc(Cl)cc2)C(=O)CCc2ccccc2)cc1OC. The third kappa shape index (κ3) is 8.35. The maximum Gasteiger partial charge on any atom is 0.247 e. The maximum absolute atomic E-state index is 13.9. The Hall–Kier alpha value is -4.29. The highest BCUT2D eigenvalue weighted by Gasteiger charge is 2.31. The van der Waals surface area contributed by atoms with Crippen molar-refractivity contribution < 1.29 is 19.1 Å². The van der Waals surface area contributed by atoms with E-state index in [0.29, 0.717) is 35.9 Å². The Morgan fingerprint density at radius 3 is 2.05 bits per heavy atom. The minimum Gasteiger partial charge on any atom is -0.493 e. The van der Waals surface area contributed by atoms with Gasteiger partial charge in [0.2, 0.25) is 11.8 Å². The molecule has 0 aromatic heterocycles. The molecule has 0 aliphatic rings. The first-order valence-corrected chi connectivity index (χ1v) is 14.0. The second kappa shape index (κ2) is 14.9.